The molecule has 3 rings (SSSR count). The average Bonchev–Trinajstić information content (AvgIpc) is 3.19. The highest BCUT2D eigenvalue weighted by atomic mass is 35.5. The number of rotatable bonds is 6. The predicted molar refractivity (Wildman–Crippen MR) is 119 cm³/mol. The highest BCUT2D eigenvalue weighted by Gasteiger charge is 2.31. The van der Waals surface area contributed by atoms with Crippen LogP contribution in [0, 0.1) is 5.92 Å². The number of thiophene rings is 1. The first-order valence-corrected chi connectivity index (χ1v) is 11.3. The number of amides is 2. The molecule has 0 saturated carbocycles. The van der Waals surface area contributed by atoms with Gasteiger partial charge in [-0.3, -0.25) is 14.5 Å². The molecule has 2 aromatic rings. The number of hydrogen-bond donors (Lipinski definition) is 1. The van der Waals surface area contributed by atoms with Gasteiger partial charge in [0.1, 0.15) is 6.04 Å². The van der Waals surface area contributed by atoms with E-state index in [1.54, 1.807) is 23.5 Å². The van der Waals surface area contributed by atoms with E-state index >= 15 is 0 Å². The Bertz CT molecular complexity index is 850. The van der Waals surface area contributed by atoms with E-state index in [9.17, 15) is 9.59 Å². The van der Waals surface area contributed by atoms with Gasteiger partial charge < -0.3 is 10.2 Å². The SMILES string of the molecule is CC(C)[C@H](NC(=O)c1ccc(Cl)cc1Cl)C(=O)N1CCN(Cc2ccsc2)CC1. The van der Waals surface area contributed by atoms with Crippen LogP contribution in [0.3, 0.4) is 0 Å². The zero-order chi connectivity index (χ0) is 21.0. The van der Waals surface area contributed by atoms with Crippen molar-refractivity contribution >= 4 is 46.4 Å². The Morgan fingerprint density at radius 3 is 2.45 bits per heavy atom. The van der Waals surface area contributed by atoms with Crippen molar-refractivity contribution in [3.63, 3.8) is 0 Å². The van der Waals surface area contributed by atoms with Crippen LogP contribution >= 0.6 is 34.5 Å². The van der Waals surface area contributed by atoms with E-state index in [1.165, 1.54) is 11.6 Å². The van der Waals surface area contributed by atoms with E-state index in [0.29, 0.717) is 23.7 Å². The number of carbonyl (C=O) groups excluding carboxylic acids is 2. The summed E-state index contributed by atoms with van der Waals surface area (Å²) in [6.45, 7) is 7.73. The number of carbonyl (C=O) groups is 2. The summed E-state index contributed by atoms with van der Waals surface area (Å²) in [5.41, 5.74) is 1.62. The first kappa shape index (κ1) is 22.1. The largest absolute Gasteiger partial charge is 0.340 e. The Morgan fingerprint density at radius 2 is 1.86 bits per heavy atom. The number of hydrogen-bond acceptors (Lipinski definition) is 4. The summed E-state index contributed by atoms with van der Waals surface area (Å²) in [6.07, 6.45) is 0. The molecule has 1 fully saturated rings. The summed E-state index contributed by atoms with van der Waals surface area (Å²) < 4.78 is 0. The molecule has 2 heterocycles. The molecular weight excluding hydrogens is 429 g/mol. The normalized spacial score (nSPS) is 16.1. The van der Waals surface area contributed by atoms with Gasteiger partial charge in [0.15, 0.2) is 0 Å². The van der Waals surface area contributed by atoms with E-state index in [0.717, 1.165) is 19.6 Å². The molecule has 1 saturated heterocycles. The van der Waals surface area contributed by atoms with Crippen molar-refractivity contribution in [3.05, 3.63) is 56.2 Å². The zero-order valence-corrected chi connectivity index (χ0v) is 18.9. The second-order valence-electron chi connectivity index (χ2n) is 7.55. The van der Waals surface area contributed by atoms with Crippen molar-refractivity contribution in [3.8, 4) is 0 Å². The third-order valence-electron chi connectivity index (χ3n) is 5.07. The van der Waals surface area contributed by atoms with Crippen LogP contribution in [0.15, 0.2) is 35.0 Å². The summed E-state index contributed by atoms with van der Waals surface area (Å²) in [4.78, 5) is 30.0. The van der Waals surface area contributed by atoms with Crippen molar-refractivity contribution in [2.24, 2.45) is 5.92 Å². The lowest BCUT2D eigenvalue weighted by molar-refractivity contribution is -0.136. The fraction of sp³-hybridized carbons (Fsp3) is 0.429. The minimum atomic E-state index is -0.599. The van der Waals surface area contributed by atoms with E-state index in [2.05, 4.69) is 27.0 Å². The summed E-state index contributed by atoms with van der Waals surface area (Å²) in [5, 5.41) is 7.84. The quantitative estimate of drug-likeness (QED) is 0.714. The van der Waals surface area contributed by atoms with Crippen LogP contribution in [0.1, 0.15) is 29.8 Å². The lowest BCUT2D eigenvalue weighted by atomic mass is 10.0. The molecule has 1 aromatic heterocycles. The van der Waals surface area contributed by atoms with Crippen molar-refractivity contribution in [2.75, 3.05) is 26.2 Å². The molecule has 1 aromatic carbocycles. The maximum absolute atomic E-state index is 13.1. The van der Waals surface area contributed by atoms with Crippen LogP contribution in [0.25, 0.3) is 0 Å². The number of benzene rings is 1. The molecule has 0 unspecified atom stereocenters. The summed E-state index contributed by atoms with van der Waals surface area (Å²) in [7, 11) is 0. The average molecular weight is 454 g/mol. The second kappa shape index (κ2) is 9.94. The monoisotopic (exact) mass is 453 g/mol. The summed E-state index contributed by atoms with van der Waals surface area (Å²) in [6, 6.07) is 6.25. The van der Waals surface area contributed by atoms with Gasteiger partial charge in [0.05, 0.1) is 10.6 Å². The third-order valence-corrected chi connectivity index (χ3v) is 6.35. The first-order valence-electron chi connectivity index (χ1n) is 9.63. The molecule has 156 valence electrons. The van der Waals surface area contributed by atoms with E-state index in [4.69, 9.17) is 23.2 Å². The Morgan fingerprint density at radius 1 is 1.14 bits per heavy atom. The zero-order valence-electron chi connectivity index (χ0n) is 16.5. The van der Waals surface area contributed by atoms with Crippen molar-refractivity contribution in [2.45, 2.75) is 26.4 Å². The van der Waals surface area contributed by atoms with E-state index in [1.807, 2.05) is 18.7 Å². The van der Waals surface area contributed by atoms with Gasteiger partial charge in [0, 0.05) is 37.7 Å². The Hall–Kier alpha value is -1.60. The van der Waals surface area contributed by atoms with Crippen LogP contribution in [0.5, 0.6) is 0 Å². The fourth-order valence-electron chi connectivity index (χ4n) is 3.37. The maximum Gasteiger partial charge on any atom is 0.253 e. The van der Waals surface area contributed by atoms with E-state index < -0.39 is 6.04 Å². The van der Waals surface area contributed by atoms with Crippen molar-refractivity contribution < 1.29 is 9.59 Å². The Kier molecular flexibility index (Phi) is 7.57. The summed E-state index contributed by atoms with van der Waals surface area (Å²) in [5.74, 6) is -0.454. The Balaban J connectivity index is 1.60. The van der Waals surface area contributed by atoms with Gasteiger partial charge >= 0.3 is 0 Å². The predicted octanol–water partition coefficient (Wildman–Crippen LogP) is 4.15. The first-order chi connectivity index (χ1) is 13.8. The van der Waals surface area contributed by atoms with Gasteiger partial charge in [-0.2, -0.15) is 11.3 Å². The third kappa shape index (κ3) is 5.72. The molecule has 0 aliphatic carbocycles. The molecule has 2 amide bonds. The molecule has 1 aliphatic rings. The van der Waals surface area contributed by atoms with E-state index in [-0.39, 0.29) is 22.8 Å². The molecule has 5 nitrogen and oxygen atoms in total. The number of nitrogens with one attached hydrogen (secondary N) is 1. The molecule has 1 aliphatic heterocycles. The lowest BCUT2D eigenvalue weighted by Crippen LogP contribution is -2.56. The fourth-order valence-corrected chi connectivity index (χ4v) is 4.52. The molecule has 0 bridgehead atoms. The van der Waals surface area contributed by atoms with Gasteiger partial charge in [-0.05, 0) is 46.5 Å². The molecule has 0 radical (unpaired) electrons. The number of halogens is 2. The van der Waals surface area contributed by atoms with Crippen molar-refractivity contribution in [1.29, 1.82) is 0 Å². The van der Waals surface area contributed by atoms with Gasteiger partial charge in [-0.1, -0.05) is 37.0 Å². The highest BCUT2D eigenvalue weighted by Crippen LogP contribution is 2.21. The topological polar surface area (TPSA) is 52.7 Å². The van der Waals surface area contributed by atoms with Crippen LogP contribution in [0.4, 0.5) is 0 Å². The smallest absolute Gasteiger partial charge is 0.253 e. The van der Waals surface area contributed by atoms with Gasteiger partial charge in [-0.15, -0.1) is 0 Å². The summed E-state index contributed by atoms with van der Waals surface area (Å²) >= 11 is 13.7. The van der Waals surface area contributed by atoms with Crippen LogP contribution in [-0.2, 0) is 11.3 Å². The molecule has 29 heavy (non-hydrogen) atoms. The van der Waals surface area contributed by atoms with Gasteiger partial charge in [0.25, 0.3) is 5.91 Å². The van der Waals surface area contributed by atoms with Crippen molar-refractivity contribution in [1.82, 2.24) is 15.1 Å². The highest BCUT2D eigenvalue weighted by molar-refractivity contribution is 7.07. The second-order valence-corrected chi connectivity index (χ2v) is 9.18. The molecule has 8 heteroatoms. The maximum atomic E-state index is 13.1. The Labute approximate surface area is 185 Å². The molecule has 1 N–H and O–H groups in total. The van der Waals surface area contributed by atoms with Crippen LogP contribution < -0.4 is 5.32 Å². The minimum absolute atomic E-state index is 0.0404. The molecular formula is C21H25Cl2N3O2S. The van der Waals surface area contributed by atoms with Crippen LogP contribution in [0.2, 0.25) is 10.0 Å². The minimum Gasteiger partial charge on any atom is -0.340 e. The van der Waals surface area contributed by atoms with Gasteiger partial charge in [0.2, 0.25) is 5.91 Å². The van der Waals surface area contributed by atoms with Crippen LogP contribution in [-0.4, -0.2) is 53.8 Å². The lowest BCUT2D eigenvalue weighted by Gasteiger charge is -2.37. The molecule has 1 atom stereocenters. The molecule has 0 spiro atoms. The standard InChI is InChI=1S/C21H25Cl2N3O2S/c1-14(2)19(24-20(27)17-4-3-16(22)11-18(17)23)21(28)26-8-6-25(7-9-26)12-15-5-10-29-13-15/h3-5,10-11,13-14,19H,6-9,12H2,1-2H3,(H,24,27)/t19-/m0/s1. The number of nitrogens with zero attached hydrogens (tertiary/aromatic N) is 2. The number of piperazine rings is 1. The van der Waals surface area contributed by atoms with Gasteiger partial charge in [-0.25, -0.2) is 0 Å².